The molecule has 0 heterocycles. The number of carbonyl (C=O) groups is 1. The van der Waals surface area contributed by atoms with Crippen molar-refractivity contribution in [2.75, 3.05) is 20.2 Å². The molecular weight excluding hydrogens is 304 g/mol. The summed E-state index contributed by atoms with van der Waals surface area (Å²) in [7, 11) is -2.16. The number of hydrogen-bond donors (Lipinski definition) is 2. The van der Waals surface area contributed by atoms with Crippen LogP contribution in [0.3, 0.4) is 0 Å². The molecule has 0 fully saturated rings. The molecule has 0 radical (unpaired) electrons. The lowest BCUT2D eigenvalue weighted by atomic mass is 10.3. The molecule has 0 aromatic heterocycles. The van der Waals surface area contributed by atoms with Gasteiger partial charge in [-0.3, -0.25) is 4.79 Å². The Labute approximate surface area is 122 Å². The van der Waals surface area contributed by atoms with Crippen molar-refractivity contribution in [2.24, 2.45) is 0 Å². The third-order valence-electron chi connectivity index (χ3n) is 2.27. The van der Waals surface area contributed by atoms with Crippen LogP contribution in [0.1, 0.15) is 0 Å². The van der Waals surface area contributed by atoms with Gasteiger partial charge in [-0.1, -0.05) is 17.7 Å². The summed E-state index contributed by atoms with van der Waals surface area (Å²) in [4.78, 5) is 11.1. The number of ether oxygens (including phenoxy) is 1. The maximum Gasteiger partial charge on any atom is 0.257 e. The number of amides is 1. The first kappa shape index (κ1) is 16.5. The topological polar surface area (TPSA) is 84.5 Å². The Morgan fingerprint density at radius 2 is 2.20 bits per heavy atom. The standard InChI is InChI=1S/C12H15ClN2O4S/c1-3-6-15-20(17,18)9-4-5-11(10(13)7-9)19-8-12(16)14-2/h3-5,7,15H,1,6,8H2,2H3,(H,14,16). The summed E-state index contributed by atoms with van der Waals surface area (Å²) in [6.07, 6.45) is 1.43. The molecule has 1 aromatic carbocycles. The van der Waals surface area contributed by atoms with E-state index in [4.69, 9.17) is 16.3 Å². The number of rotatable bonds is 7. The van der Waals surface area contributed by atoms with Crippen molar-refractivity contribution in [2.45, 2.75) is 4.90 Å². The summed E-state index contributed by atoms with van der Waals surface area (Å²) in [6.45, 7) is 3.35. The van der Waals surface area contributed by atoms with Crippen LogP contribution in [0.4, 0.5) is 0 Å². The Balaban J connectivity index is 2.87. The molecule has 2 N–H and O–H groups in total. The van der Waals surface area contributed by atoms with Gasteiger partial charge in [-0.2, -0.15) is 0 Å². The molecule has 0 aliphatic carbocycles. The molecule has 0 aliphatic heterocycles. The molecule has 8 heteroatoms. The van der Waals surface area contributed by atoms with Crippen molar-refractivity contribution >= 4 is 27.5 Å². The smallest absolute Gasteiger partial charge is 0.257 e. The molecule has 1 aromatic rings. The van der Waals surface area contributed by atoms with Gasteiger partial charge in [-0.15, -0.1) is 6.58 Å². The monoisotopic (exact) mass is 318 g/mol. The summed E-state index contributed by atoms with van der Waals surface area (Å²) in [5.74, 6) is -0.0802. The number of hydrogen-bond acceptors (Lipinski definition) is 4. The predicted molar refractivity (Wildman–Crippen MR) is 76.4 cm³/mol. The lowest BCUT2D eigenvalue weighted by molar-refractivity contribution is -0.122. The largest absolute Gasteiger partial charge is 0.482 e. The summed E-state index contributed by atoms with van der Waals surface area (Å²) in [5, 5.41) is 2.50. The highest BCUT2D eigenvalue weighted by molar-refractivity contribution is 7.89. The second kappa shape index (κ2) is 7.28. The van der Waals surface area contributed by atoms with Gasteiger partial charge in [0.05, 0.1) is 9.92 Å². The fourth-order valence-electron chi connectivity index (χ4n) is 1.23. The second-order valence-electron chi connectivity index (χ2n) is 3.69. The van der Waals surface area contributed by atoms with Gasteiger partial charge in [0.15, 0.2) is 6.61 Å². The molecule has 1 amide bonds. The van der Waals surface area contributed by atoms with Crippen LogP contribution in [-0.2, 0) is 14.8 Å². The van der Waals surface area contributed by atoms with Crippen molar-refractivity contribution in [3.05, 3.63) is 35.9 Å². The fourth-order valence-corrected chi connectivity index (χ4v) is 2.56. The molecule has 1 rings (SSSR count). The van der Waals surface area contributed by atoms with E-state index < -0.39 is 10.0 Å². The Morgan fingerprint density at radius 3 is 2.75 bits per heavy atom. The molecule has 0 bridgehead atoms. The first-order valence-corrected chi connectivity index (χ1v) is 7.50. The highest BCUT2D eigenvalue weighted by Gasteiger charge is 2.15. The van der Waals surface area contributed by atoms with Gasteiger partial charge >= 0.3 is 0 Å². The maximum atomic E-state index is 11.8. The van der Waals surface area contributed by atoms with Gasteiger partial charge in [0, 0.05) is 13.6 Å². The van der Waals surface area contributed by atoms with Crippen LogP contribution in [0, 0.1) is 0 Å². The Morgan fingerprint density at radius 1 is 1.50 bits per heavy atom. The number of nitrogens with one attached hydrogen (secondary N) is 2. The minimum atomic E-state index is -3.64. The molecule has 0 saturated heterocycles. The maximum absolute atomic E-state index is 11.8. The minimum absolute atomic E-state index is 0.0108. The highest BCUT2D eigenvalue weighted by atomic mass is 35.5. The first-order valence-electron chi connectivity index (χ1n) is 5.64. The third-order valence-corrected chi connectivity index (χ3v) is 3.99. The molecular formula is C12H15ClN2O4S. The lowest BCUT2D eigenvalue weighted by Gasteiger charge is -2.09. The van der Waals surface area contributed by atoms with Crippen LogP contribution >= 0.6 is 11.6 Å². The second-order valence-corrected chi connectivity index (χ2v) is 5.87. The highest BCUT2D eigenvalue weighted by Crippen LogP contribution is 2.27. The van der Waals surface area contributed by atoms with E-state index in [1.807, 2.05) is 0 Å². The van der Waals surface area contributed by atoms with Gasteiger partial charge in [0.2, 0.25) is 10.0 Å². The number of benzene rings is 1. The van der Waals surface area contributed by atoms with Gasteiger partial charge < -0.3 is 10.1 Å². The van der Waals surface area contributed by atoms with Crippen molar-refractivity contribution < 1.29 is 17.9 Å². The molecule has 110 valence electrons. The van der Waals surface area contributed by atoms with Crippen LogP contribution in [0.5, 0.6) is 5.75 Å². The Kier molecular flexibility index (Phi) is 6.00. The van der Waals surface area contributed by atoms with E-state index in [1.54, 1.807) is 0 Å². The molecule has 0 spiro atoms. The number of halogens is 1. The zero-order valence-corrected chi connectivity index (χ0v) is 12.4. The summed E-state index contributed by atoms with van der Waals surface area (Å²) < 4.78 is 31.2. The zero-order valence-electron chi connectivity index (χ0n) is 10.8. The van der Waals surface area contributed by atoms with E-state index in [1.165, 1.54) is 31.3 Å². The van der Waals surface area contributed by atoms with Gasteiger partial charge in [0.25, 0.3) is 5.91 Å². The van der Waals surface area contributed by atoms with Crippen molar-refractivity contribution in [1.82, 2.24) is 10.0 Å². The zero-order chi connectivity index (χ0) is 15.2. The Bertz CT molecular complexity index is 601. The third kappa shape index (κ3) is 4.52. The van der Waals surface area contributed by atoms with Crippen LogP contribution in [-0.4, -0.2) is 34.5 Å². The quantitative estimate of drug-likeness (QED) is 0.732. The predicted octanol–water partition coefficient (Wildman–Crippen LogP) is 0.929. The molecule has 0 atom stereocenters. The van der Waals surface area contributed by atoms with Crippen LogP contribution in [0.2, 0.25) is 5.02 Å². The van der Waals surface area contributed by atoms with Gasteiger partial charge in [0.1, 0.15) is 5.75 Å². The van der Waals surface area contributed by atoms with E-state index in [-0.39, 0.29) is 34.7 Å². The van der Waals surface area contributed by atoms with Crippen LogP contribution in [0.15, 0.2) is 35.7 Å². The summed E-state index contributed by atoms with van der Waals surface area (Å²) in [6, 6.07) is 4.00. The average Bonchev–Trinajstić information content (AvgIpc) is 2.43. The van der Waals surface area contributed by atoms with Crippen molar-refractivity contribution in [3.63, 3.8) is 0 Å². The number of likely N-dealkylation sites (N-methyl/N-ethyl adjacent to an activating group) is 1. The van der Waals surface area contributed by atoms with Crippen LogP contribution < -0.4 is 14.8 Å². The first-order chi connectivity index (χ1) is 9.40. The van der Waals surface area contributed by atoms with E-state index in [0.717, 1.165) is 0 Å². The fraction of sp³-hybridized carbons (Fsp3) is 0.250. The van der Waals surface area contributed by atoms with Crippen LogP contribution in [0.25, 0.3) is 0 Å². The molecule has 0 saturated carbocycles. The van der Waals surface area contributed by atoms with Gasteiger partial charge in [-0.05, 0) is 18.2 Å². The Hall–Kier alpha value is -1.57. The summed E-state index contributed by atoms with van der Waals surface area (Å²) >= 11 is 5.93. The van der Waals surface area contributed by atoms with E-state index >= 15 is 0 Å². The van der Waals surface area contributed by atoms with E-state index in [2.05, 4.69) is 16.6 Å². The normalized spacial score (nSPS) is 10.9. The van der Waals surface area contributed by atoms with E-state index in [9.17, 15) is 13.2 Å². The van der Waals surface area contributed by atoms with Gasteiger partial charge in [-0.25, -0.2) is 13.1 Å². The molecule has 0 aliphatic rings. The number of carbonyl (C=O) groups excluding carboxylic acids is 1. The SMILES string of the molecule is C=CCNS(=O)(=O)c1ccc(OCC(=O)NC)c(Cl)c1. The van der Waals surface area contributed by atoms with Crippen molar-refractivity contribution in [3.8, 4) is 5.75 Å². The molecule has 20 heavy (non-hydrogen) atoms. The van der Waals surface area contributed by atoms with E-state index in [0.29, 0.717) is 0 Å². The molecule has 0 unspecified atom stereocenters. The lowest BCUT2D eigenvalue weighted by Crippen LogP contribution is -2.25. The summed E-state index contributed by atoms with van der Waals surface area (Å²) in [5.41, 5.74) is 0. The molecule has 6 nitrogen and oxygen atoms in total. The average molecular weight is 319 g/mol. The number of sulfonamides is 1. The minimum Gasteiger partial charge on any atom is -0.482 e. The van der Waals surface area contributed by atoms with Crippen molar-refractivity contribution in [1.29, 1.82) is 0 Å².